The van der Waals surface area contributed by atoms with Crippen LogP contribution in [0.1, 0.15) is 81.2 Å². The van der Waals surface area contributed by atoms with E-state index in [1.807, 2.05) is 49.4 Å². The van der Waals surface area contributed by atoms with Gasteiger partial charge in [-0.3, -0.25) is 9.59 Å². The van der Waals surface area contributed by atoms with Crippen LogP contribution in [-0.2, 0) is 16.0 Å². The predicted molar refractivity (Wildman–Crippen MR) is 171 cm³/mol. The number of carboxylic acids is 1. The zero-order valence-corrected chi connectivity index (χ0v) is 25.6. The van der Waals surface area contributed by atoms with E-state index in [0.29, 0.717) is 31.0 Å². The van der Waals surface area contributed by atoms with Crippen molar-refractivity contribution in [1.29, 1.82) is 0 Å². The quantitative estimate of drug-likeness (QED) is 0.156. The minimum Gasteiger partial charge on any atom is -0.493 e. The lowest BCUT2D eigenvalue weighted by atomic mass is 9.79. The molecule has 1 heterocycles. The molecular formula is C36H44N2O5. The Labute approximate surface area is 255 Å². The lowest BCUT2D eigenvalue weighted by Crippen LogP contribution is -2.34. The number of carbonyl (C=O) groups is 2. The molecule has 0 atom stereocenters. The van der Waals surface area contributed by atoms with Gasteiger partial charge in [0.15, 0.2) is 0 Å². The molecule has 3 aromatic rings. The summed E-state index contributed by atoms with van der Waals surface area (Å²) in [6.45, 7) is 7.05. The average Bonchev–Trinajstić information content (AvgIpc) is 3.84. The molecule has 7 nitrogen and oxygen atoms in total. The van der Waals surface area contributed by atoms with E-state index in [4.69, 9.17) is 9.47 Å². The third kappa shape index (κ3) is 9.70. The van der Waals surface area contributed by atoms with Crippen LogP contribution in [-0.4, -0.2) is 35.2 Å². The van der Waals surface area contributed by atoms with E-state index in [-0.39, 0.29) is 12.3 Å². The molecule has 1 aromatic heterocycles. The van der Waals surface area contributed by atoms with E-state index in [0.717, 1.165) is 54.4 Å². The molecule has 1 saturated carbocycles. The van der Waals surface area contributed by atoms with Crippen molar-refractivity contribution in [2.24, 2.45) is 11.3 Å². The van der Waals surface area contributed by atoms with Crippen molar-refractivity contribution in [2.45, 2.75) is 72.1 Å². The van der Waals surface area contributed by atoms with Crippen LogP contribution >= 0.6 is 0 Å². The summed E-state index contributed by atoms with van der Waals surface area (Å²) >= 11 is 0. The number of ether oxygens (including phenoxy) is 2. The minimum atomic E-state index is -1.05. The molecule has 0 bridgehead atoms. The van der Waals surface area contributed by atoms with Gasteiger partial charge in [0.1, 0.15) is 5.75 Å². The number of aromatic nitrogens is 1. The molecule has 0 aliphatic heterocycles. The van der Waals surface area contributed by atoms with E-state index >= 15 is 0 Å². The molecule has 0 radical (unpaired) electrons. The van der Waals surface area contributed by atoms with Crippen molar-refractivity contribution in [2.75, 3.05) is 18.5 Å². The number of amides is 1. The summed E-state index contributed by atoms with van der Waals surface area (Å²) in [6, 6.07) is 19.8. The zero-order chi connectivity index (χ0) is 30.7. The number of nitrogens with one attached hydrogen (secondary N) is 1. The number of benzene rings is 2. The summed E-state index contributed by atoms with van der Waals surface area (Å²) in [5, 5.41) is 12.5. The van der Waals surface area contributed by atoms with Crippen LogP contribution in [0.3, 0.4) is 0 Å². The molecule has 0 spiro atoms. The first kappa shape index (κ1) is 31.8. The van der Waals surface area contributed by atoms with Gasteiger partial charge in [-0.2, -0.15) is 0 Å². The summed E-state index contributed by atoms with van der Waals surface area (Å²) in [5.41, 5.74) is 3.61. The molecule has 1 amide bonds. The Hall–Kier alpha value is -4.13. The summed E-state index contributed by atoms with van der Waals surface area (Å²) in [5.74, 6) is 1.07. The number of carboxylic acid groups (broad SMARTS) is 1. The Morgan fingerprint density at radius 1 is 1.00 bits per heavy atom. The molecule has 0 unspecified atom stereocenters. The number of nitrogens with zero attached hydrogens (tertiary/aromatic N) is 1. The fourth-order valence-electron chi connectivity index (χ4n) is 4.92. The van der Waals surface area contributed by atoms with Crippen LogP contribution in [0, 0.1) is 18.3 Å². The number of hydrogen-bond donors (Lipinski definition) is 2. The first-order chi connectivity index (χ1) is 20.8. The highest BCUT2D eigenvalue weighted by Crippen LogP contribution is 2.32. The van der Waals surface area contributed by atoms with Gasteiger partial charge in [0, 0.05) is 18.2 Å². The number of rotatable bonds is 17. The van der Waals surface area contributed by atoms with Crippen molar-refractivity contribution < 1.29 is 24.2 Å². The molecule has 43 heavy (non-hydrogen) atoms. The van der Waals surface area contributed by atoms with Crippen LogP contribution in [0.15, 0.2) is 60.7 Å². The van der Waals surface area contributed by atoms with Gasteiger partial charge in [-0.15, -0.1) is 0 Å². The fraction of sp³-hybridized carbons (Fsp3) is 0.417. The largest absolute Gasteiger partial charge is 0.493 e. The number of pyridine rings is 1. The van der Waals surface area contributed by atoms with Gasteiger partial charge < -0.3 is 19.9 Å². The van der Waals surface area contributed by atoms with Crippen LogP contribution in [0.5, 0.6) is 11.6 Å². The molecule has 7 heteroatoms. The number of carbonyl (C=O) groups excluding carboxylic acids is 1. The number of unbranched alkanes of at least 4 members (excludes halogenated alkanes) is 1. The second kappa shape index (κ2) is 15.4. The Morgan fingerprint density at radius 3 is 2.47 bits per heavy atom. The van der Waals surface area contributed by atoms with Gasteiger partial charge in [-0.25, -0.2) is 4.98 Å². The van der Waals surface area contributed by atoms with Gasteiger partial charge in [0.25, 0.3) is 0 Å². The summed E-state index contributed by atoms with van der Waals surface area (Å²) in [6.07, 6.45) is 10.2. The van der Waals surface area contributed by atoms with Crippen LogP contribution in [0.25, 0.3) is 12.2 Å². The third-order valence-electron chi connectivity index (χ3n) is 8.24. The molecule has 1 aliphatic carbocycles. The van der Waals surface area contributed by atoms with Crippen LogP contribution < -0.4 is 14.8 Å². The van der Waals surface area contributed by atoms with Gasteiger partial charge in [-0.1, -0.05) is 50.3 Å². The van der Waals surface area contributed by atoms with E-state index in [2.05, 4.69) is 34.6 Å². The van der Waals surface area contributed by atoms with Crippen molar-refractivity contribution in [3.8, 4) is 11.6 Å². The van der Waals surface area contributed by atoms with E-state index in [9.17, 15) is 14.7 Å². The highest BCUT2D eigenvalue weighted by molar-refractivity contribution is 5.94. The van der Waals surface area contributed by atoms with Gasteiger partial charge in [0.05, 0.1) is 24.3 Å². The maximum absolute atomic E-state index is 12.7. The van der Waals surface area contributed by atoms with Crippen molar-refractivity contribution in [3.05, 3.63) is 83.0 Å². The normalized spacial score (nSPS) is 13.2. The van der Waals surface area contributed by atoms with Crippen LogP contribution in [0.2, 0.25) is 0 Å². The smallest absolute Gasteiger partial charge is 0.310 e. The SMILES string of the molecule is CCC(CC)(CC(=O)Nc1cccc(C=Cc2nc(OCCCCc3ccc(OCC4CC4)cc3)ccc2C)c1)C(=O)O. The van der Waals surface area contributed by atoms with Gasteiger partial charge >= 0.3 is 5.97 Å². The Morgan fingerprint density at radius 2 is 1.77 bits per heavy atom. The van der Waals surface area contributed by atoms with Crippen molar-refractivity contribution in [3.63, 3.8) is 0 Å². The van der Waals surface area contributed by atoms with Crippen molar-refractivity contribution in [1.82, 2.24) is 4.98 Å². The Kier molecular flexibility index (Phi) is 11.4. The molecule has 2 aromatic carbocycles. The highest BCUT2D eigenvalue weighted by atomic mass is 16.5. The summed E-state index contributed by atoms with van der Waals surface area (Å²) in [4.78, 5) is 29.1. The molecule has 1 fully saturated rings. The number of aryl methyl sites for hydroxylation is 2. The molecule has 228 valence electrons. The average molecular weight is 585 g/mol. The van der Waals surface area contributed by atoms with E-state index in [1.165, 1.54) is 18.4 Å². The number of anilines is 1. The molecule has 1 aliphatic rings. The lowest BCUT2D eigenvalue weighted by molar-refractivity contribution is -0.151. The monoisotopic (exact) mass is 584 g/mol. The van der Waals surface area contributed by atoms with E-state index < -0.39 is 11.4 Å². The first-order valence-electron chi connectivity index (χ1n) is 15.4. The van der Waals surface area contributed by atoms with Gasteiger partial charge in [-0.05, 0) is 105 Å². The maximum atomic E-state index is 12.7. The molecule has 0 saturated heterocycles. The molecule has 2 N–H and O–H groups in total. The highest BCUT2D eigenvalue weighted by Gasteiger charge is 2.37. The van der Waals surface area contributed by atoms with Crippen molar-refractivity contribution >= 4 is 29.7 Å². The zero-order valence-electron chi connectivity index (χ0n) is 25.6. The van der Waals surface area contributed by atoms with E-state index in [1.54, 1.807) is 19.9 Å². The number of hydrogen-bond acceptors (Lipinski definition) is 5. The topological polar surface area (TPSA) is 97.8 Å². The number of aliphatic carboxylic acids is 1. The fourth-order valence-corrected chi connectivity index (χ4v) is 4.92. The maximum Gasteiger partial charge on any atom is 0.310 e. The predicted octanol–water partition coefficient (Wildman–Crippen LogP) is 7.97. The Bertz CT molecular complexity index is 1390. The van der Waals surface area contributed by atoms with Gasteiger partial charge in [0.2, 0.25) is 11.8 Å². The molecule has 4 rings (SSSR count). The first-order valence-corrected chi connectivity index (χ1v) is 15.4. The summed E-state index contributed by atoms with van der Waals surface area (Å²) < 4.78 is 11.8. The Balaban J connectivity index is 1.25. The lowest BCUT2D eigenvalue weighted by Gasteiger charge is -2.25. The second-order valence-electron chi connectivity index (χ2n) is 11.5. The van der Waals surface area contributed by atoms with Crippen LogP contribution in [0.4, 0.5) is 5.69 Å². The standard InChI is InChI=1S/C36H44N2O5/c1-4-36(5-2,35(40)41)24-33(39)37-30-11-8-10-28(23-30)17-20-32-26(3)12-21-34(38-32)42-22-7-6-9-27-15-18-31(19-16-27)43-25-29-13-14-29/h8,10-12,15-21,23,29H,4-7,9,13-14,22,24-25H2,1-3H3,(H,37,39)(H,40,41). The summed E-state index contributed by atoms with van der Waals surface area (Å²) in [7, 11) is 0. The second-order valence-corrected chi connectivity index (χ2v) is 11.5. The minimum absolute atomic E-state index is 0.0614. The third-order valence-corrected chi connectivity index (χ3v) is 8.24. The molecular weight excluding hydrogens is 540 g/mol.